The number of carbonyl (C=O) groups is 1. The van der Waals surface area contributed by atoms with E-state index in [0.29, 0.717) is 13.2 Å². The van der Waals surface area contributed by atoms with Crippen molar-refractivity contribution in [3.05, 3.63) is 0 Å². The normalized spacial score (nSPS) is 35.2. The van der Waals surface area contributed by atoms with Crippen molar-refractivity contribution in [3.63, 3.8) is 0 Å². The van der Waals surface area contributed by atoms with Crippen LogP contribution in [0.4, 0.5) is 0 Å². The lowest BCUT2D eigenvalue weighted by Gasteiger charge is -2.44. The predicted octanol–water partition coefficient (Wildman–Crippen LogP) is 0.851. The molecule has 1 aliphatic rings. The van der Waals surface area contributed by atoms with Crippen molar-refractivity contribution in [1.29, 1.82) is 0 Å². The maximum Gasteiger partial charge on any atom is 0.303 e. The average Bonchev–Trinajstić information content (AvgIpc) is 2.08. The fourth-order valence-corrected chi connectivity index (χ4v) is 2.32. The molecule has 1 fully saturated rings. The molecule has 0 saturated carbocycles. The average molecular weight is 201 g/mol. The number of aliphatic carboxylic acids is 1. The highest BCUT2D eigenvalue weighted by Gasteiger charge is 2.43. The summed E-state index contributed by atoms with van der Waals surface area (Å²) in [5.41, 5.74) is 5.63. The molecule has 3 N–H and O–H groups in total. The summed E-state index contributed by atoms with van der Waals surface area (Å²) >= 11 is 0. The number of hydrogen-bond donors (Lipinski definition) is 2. The monoisotopic (exact) mass is 201 g/mol. The molecular weight excluding hydrogens is 182 g/mol. The molecule has 4 nitrogen and oxygen atoms in total. The molecule has 0 aliphatic carbocycles. The van der Waals surface area contributed by atoms with E-state index in [-0.39, 0.29) is 23.8 Å². The predicted molar refractivity (Wildman–Crippen MR) is 52.9 cm³/mol. The van der Waals surface area contributed by atoms with Gasteiger partial charge in [0.15, 0.2) is 0 Å². The van der Waals surface area contributed by atoms with Gasteiger partial charge in [0.05, 0.1) is 6.42 Å². The van der Waals surface area contributed by atoms with E-state index < -0.39 is 5.97 Å². The third-order valence-electron chi connectivity index (χ3n) is 3.45. The minimum atomic E-state index is -0.768. The third-order valence-corrected chi connectivity index (χ3v) is 3.45. The number of ether oxygens (including phenoxy) is 1. The van der Waals surface area contributed by atoms with Gasteiger partial charge in [0.2, 0.25) is 0 Å². The van der Waals surface area contributed by atoms with Crippen LogP contribution in [-0.4, -0.2) is 30.3 Å². The molecule has 0 aromatic heterocycles. The minimum Gasteiger partial charge on any atom is -0.481 e. The number of carboxylic acid groups (broad SMARTS) is 1. The summed E-state index contributed by atoms with van der Waals surface area (Å²) in [5, 5.41) is 8.90. The van der Waals surface area contributed by atoms with Gasteiger partial charge in [-0.2, -0.15) is 0 Å². The highest BCUT2D eigenvalue weighted by Crippen LogP contribution is 2.41. The summed E-state index contributed by atoms with van der Waals surface area (Å²) in [4.78, 5) is 10.8. The lowest BCUT2D eigenvalue weighted by atomic mass is 9.66. The first-order valence-electron chi connectivity index (χ1n) is 5.04. The maximum absolute atomic E-state index is 10.8. The Morgan fingerprint density at radius 1 is 1.79 bits per heavy atom. The van der Waals surface area contributed by atoms with Crippen molar-refractivity contribution in [2.75, 3.05) is 13.2 Å². The lowest BCUT2D eigenvalue weighted by molar-refractivity contribution is -0.144. The van der Waals surface area contributed by atoms with Crippen LogP contribution in [0.3, 0.4) is 0 Å². The van der Waals surface area contributed by atoms with Gasteiger partial charge >= 0.3 is 5.97 Å². The molecule has 0 amide bonds. The van der Waals surface area contributed by atoms with E-state index in [2.05, 4.69) is 0 Å². The molecule has 0 spiro atoms. The summed E-state index contributed by atoms with van der Waals surface area (Å²) in [5.74, 6) is -0.552. The van der Waals surface area contributed by atoms with Gasteiger partial charge in [-0.15, -0.1) is 0 Å². The largest absolute Gasteiger partial charge is 0.481 e. The molecule has 14 heavy (non-hydrogen) atoms. The van der Waals surface area contributed by atoms with E-state index in [1.54, 1.807) is 0 Å². The van der Waals surface area contributed by atoms with Crippen LogP contribution >= 0.6 is 0 Å². The van der Waals surface area contributed by atoms with Gasteiger partial charge in [-0.1, -0.05) is 6.92 Å². The van der Waals surface area contributed by atoms with E-state index in [0.717, 1.165) is 6.42 Å². The van der Waals surface area contributed by atoms with Crippen LogP contribution in [0.25, 0.3) is 0 Å². The first-order chi connectivity index (χ1) is 6.49. The van der Waals surface area contributed by atoms with Gasteiger partial charge in [0.1, 0.15) is 0 Å². The molecule has 0 aromatic rings. The third kappa shape index (κ3) is 2.07. The van der Waals surface area contributed by atoms with Crippen LogP contribution in [0, 0.1) is 11.3 Å². The molecule has 1 heterocycles. The van der Waals surface area contributed by atoms with Crippen molar-refractivity contribution < 1.29 is 14.6 Å². The van der Waals surface area contributed by atoms with Crippen LogP contribution in [0.5, 0.6) is 0 Å². The Balaban J connectivity index is 2.83. The van der Waals surface area contributed by atoms with Crippen LogP contribution in [0.15, 0.2) is 0 Å². The fraction of sp³-hybridized carbons (Fsp3) is 0.900. The molecule has 3 atom stereocenters. The standard InChI is InChI=1S/C10H19NO3/c1-7-6-14-4-3-10(7,8(2)11)5-9(12)13/h7-8H,3-6,11H2,1-2H3,(H,12,13). The molecule has 1 rings (SSSR count). The second-order valence-corrected chi connectivity index (χ2v) is 4.32. The van der Waals surface area contributed by atoms with E-state index >= 15 is 0 Å². The molecule has 0 bridgehead atoms. The molecule has 0 aromatic carbocycles. The van der Waals surface area contributed by atoms with Crippen LogP contribution in [-0.2, 0) is 9.53 Å². The Bertz CT molecular complexity index is 217. The smallest absolute Gasteiger partial charge is 0.303 e. The minimum absolute atomic E-state index is 0.0995. The molecule has 82 valence electrons. The fourth-order valence-electron chi connectivity index (χ4n) is 2.32. The first kappa shape index (κ1) is 11.5. The number of carboxylic acids is 1. The zero-order chi connectivity index (χ0) is 10.8. The summed E-state index contributed by atoms with van der Waals surface area (Å²) < 4.78 is 5.32. The van der Waals surface area contributed by atoms with Gasteiger partial charge < -0.3 is 15.6 Å². The highest BCUT2D eigenvalue weighted by atomic mass is 16.5. The maximum atomic E-state index is 10.8. The van der Waals surface area contributed by atoms with Crippen molar-refractivity contribution in [3.8, 4) is 0 Å². The zero-order valence-corrected chi connectivity index (χ0v) is 8.82. The highest BCUT2D eigenvalue weighted by molar-refractivity contribution is 5.68. The van der Waals surface area contributed by atoms with Crippen molar-refractivity contribution in [2.24, 2.45) is 17.1 Å². The molecule has 4 heteroatoms. The topological polar surface area (TPSA) is 72.6 Å². The van der Waals surface area contributed by atoms with Crippen molar-refractivity contribution in [1.82, 2.24) is 0 Å². The molecule has 0 radical (unpaired) electrons. The van der Waals surface area contributed by atoms with E-state index in [9.17, 15) is 4.79 Å². The Morgan fingerprint density at radius 2 is 2.43 bits per heavy atom. The van der Waals surface area contributed by atoms with Gasteiger partial charge in [0.25, 0.3) is 0 Å². The summed E-state index contributed by atoms with van der Waals surface area (Å²) in [6, 6.07) is -0.0995. The summed E-state index contributed by atoms with van der Waals surface area (Å²) in [7, 11) is 0. The summed E-state index contributed by atoms with van der Waals surface area (Å²) in [6.45, 7) is 5.16. The quantitative estimate of drug-likeness (QED) is 0.710. The molecule has 1 saturated heterocycles. The molecule has 3 unspecified atom stereocenters. The molecular formula is C10H19NO3. The van der Waals surface area contributed by atoms with Gasteiger partial charge in [0, 0.05) is 24.7 Å². The number of hydrogen-bond acceptors (Lipinski definition) is 3. The van der Waals surface area contributed by atoms with Gasteiger partial charge in [-0.25, -0.2) is 0 Å². The Labute approximate surface area is 84.4 Å². The Morgan fingerprint density at radius 3 is 2.86 bits per heavy atom. The second kappa shape index (κ2) is 4.28. The Kier molecular flexibility index (Phi) is 3.50. The van der Waals surface area contributed by atoms with Crippen LogP contribution < -0.4 is 5.73 Å². The zero-order valence-electron chi connectivity index (χ0n) is 8.82. The first-order valence-corrected chi connectivity index (χ1v) is 5.04. The lowest BCUT2D eigenvalue weighted by Crippen LogP contribution is -2.50. The van der Waals surface area contributed by atoms with Crippen LogP contribution in [0.1, 0.15) is 26.7 Å². The SMILES string of the molecule is CC(N)C1(CC(=O)O)CCOCC1C. The summed E-state index contributed by atoms with van der Waals surface area (Å²) in [6.07, 6.45) is 0.896. The Hall–Kier alpha value is -0.610. The van der Waals surface area contributed by atoms with Crippen molar-refractivity contribution >= 4 is 5.97 Å². The van der Waals surface area contributed by atoms with Gasteiger partial charge in [-0.05, 0) is 19.3 Å². The van der Waals surface area contributed by atoms with Crippen LogP contribution in [0.2, 0.25) is 0 Å². The number of rotatable bonds is 3. The van der Waals surface area contributed by atoms with E-state index in [1.807, 2.05) is 13.8 Å². The van der Waals surface area contributed by atoms with E-state index in [4.69, 9.17) is 15.6 Å². The van der Waals surface area contributed by atoms with E-state index in [1.165, 1.54) is 0 Å². The number of nitrogens with two attached hydrogens (primary N) is 1. The molecule has 1 aliphatic heterocycles. The second-order valence-electron chi connectivity index (χ2n) is 4.32. The van der Waals surface area contributed by atoms with Gasteiger partial charge in [-0.3, -0.25) is 4.79 Å². The van der Waals surface area contributed by atoms with Crippen molar-refractivity contribution in [2.45, 2.75) is 32.7 Å².